The molecule has 0 spiro atoms. The van der Waals surface area contributed by atoms with Crippen LogP contribution in [0.25, 0.3) is 0 Å². The van der Waals surface area contributed by atoms with Crippen molar-refractivity contribution in [3.63, 3.8) is 0 Å². The van der Waals surface area contributed by atoms with E-state index in [9.17, 15) is 0 Å². The Hall–Kier alpha value is 1.16. The number of unbranched alkanes of at least 4 members (excludes halogenated alkanes) is 3. The molecule has 0 bridgehead atoms. The van der Waals surface area contributed by atoms with Crippen molar-refractivity contribution < 1.29 is 0 Å². The van der Waals surface area contributed by atoms with Gasteiger partial charge in [-0.3, -0.25) is 0 Å². The zero-order chi connectivity index (χ0) is 6.24. The van der Waals surface area contributed by atoms with E-state index in [1.165, 1.54) is 31.8 Å². The normalized spacial score (nSPS) is 11.2. The Balaban J connectivity index is 2.53. The SMILES string of the molecule is CCCCCCPI. The molecule has 0 saturated heterocycles. The van der Waals surface area contributed by atoms with Gasteiger partial charge in [0, 0.05) is 0 Å². The maximum absolute atomic E-state index is 2.47. The standard InChI is InChI=1S/C6H14IP/c1-2-3-4-5-6-8-7/h8H,2-6H2,1H3. The number of hydrogen-bond donors (Lipinski definition) is 0. The van der Waals surface area contributed by atoms with Crippen molar-refractivity contribution in [2.75, 3.05) is 6.16 Å². The summed E-state index contributed by atoms with van der Waals surface area (Å²) >= 11 is 2.47. The van der Waals surface area contributed by atoms with Crippen LogP contribution in [0.15, 0.2) is 0 Å². The van der Waals surface area contributed by atoms with Crippen LogP contribution in [0.5, 0.6) is 0 Å². The van der Waals surface area contributed by atoms with Gasteiger partial charge in [0.1, 0.15) is 0 Å². The molecule has 0 saturated carbocycles. The second kappa shape index (κ2) is 8.16. The topological polar surface area (TPSA) is 0 Å². The van der Waals surface area contributed by atoms with Crippen molar-refractivity contribution in [1.82, 2.24) is 0 Å². The molecule has 0 heterocycles. The van der Waals surface area contributed by atoms with Crippen molar-refractivity contribution in [2.24, 2.45) is 0 Å². The minimum absolute atomic E-state index is 1.14. The quantitative estimate of drug-likeness (QED) is 0.393. The molecular weight excluding hydrogens is 230 g/mol. The third-order valence-electron chi connectivity index (χ3n) is 1.12. The first-order chi connectivity index (χ1) is 3.91. The molecule has 0 aliphatic rings. The predicted molar refractivity (Wildman–Crippen MR) is 51.3 cm³/mol. The molecule has 0 aromatic heterocycles. The Labute approximate surface area is 67.1 Å². The van der Waals surface area contributed by atoms with Crippen LogP contribution in [0.1, 0.15) is 32.6 Å². The van der Waals surface area contributed by atoms with Crippen molar-refractivity contribution in [2.45, 2.75) is 32.6 Å². The van der Waals surface area contributed by atoms with Gasteiger partial charge >= 0.3 is 0 Å². The van der Waals surface area contributed by atoms with E-state index in [0.717, 1.165) is 6.22 Å². The minimum Gasteiger partial charge on any atom is -0.0654 e. The van der Waals surface area contributed by atoms with Gasteiger partial charge in [-0.2, -0.15) is 0 Å². The molecule has 0 aliphatic carbocycles. The highest BCUT2D eigenvalue weighted by Gasteiger charge is 1.84. The fraction of sp³-hybridized carbons (Fsp3) is 1.00. The van der Waals surface area contributed by atoms with Gasteiger partial charge in [-0.1, -0.05) is 54.5 Å². The maximum atomic E-state index is 2.47. The fourth-order valence-electron chi connectivity index (χ4n) is 0.619. The largest absolute Gasteiger partial charge is 0.0654 e. The molecule has 0 aliphatic heterocycles. The lowest BCUT2D eigenvalue weighted by Crippen LogP contribution is -1.75. The van der Waals surface area contributed by atoms with Gasteiger partial charge < -0.3 is 0 Å². The van der Waals surface area contributed by atoms with Gasteiger partial charge in [-0.15, -0.1) is 0 Å². The summed E-state index contributed by atoms with van der Waals surface area (Å²) in [5, 5.41) is 0. The Morgan fingerprint density at radius 1 is 1.25 bits per heavy atom. The predicted octanol–water partition coefficient (Wildman–Crippen LogP) is 3.60. The Kier molecular flexibility index (Phi) is 9.34. The lowest BCUT2D eigenvalue weighted by Gasteiger charge is -1.93. The van der Waals surface area contributed by atoms with Crippen LogP contribution in [0, 0.1) is 0 Å². The molecule has 0 rings (SSSR count). The summed E-state index contributed by atoms with van der Waals surface area (Å²) in [5.41, 5.74) is 0. The first-order valence-electron chi connectivity index (χ1n) is 3.25. The second-order valence-electron chi connectivity index (χ2n) is 1.94. The van der Waals surface area contributed by atoms with Crippen LogP contribution in [0.2, 0.25) is 0 Å². The highest BCUT2D eigenvalue weighted by atomic mass is 127. The summed E-state index contributed by atoms with van der Waals surface area (Å²) in [4.78, 5) is 0. The molecule has 1 unspecified atom stereocenters. The van der Waals surface area contributed by atoms with E-state index < -0.39 is 0 Å². The summed E-state index contributed by atoms with van der Waals surface area (Å²) in [6, 6.07) is 0. The average molecular weight is 244 g/mol. The summed E-state index contributed by atoms with van der Waals surface area (Å²) < 4.78 is 0. The first kappa shape index (κ1) is 9.16. The highest BCUT2D eigenvalue weighted by Crippen LogP contribution is 2.22. The lowest BCUT2D eigenvalue weighted by molar-refractivity contribution is 0.706. The van der Waals surface area contributed by atoms with Gasteiger partial charge in [-0.25, -0.2) is 0 Å². The molecule has 0 aromatic rings. The van der Waals surface area contributed by atoms with Crippen molar-refractivity contribution in [3.8, 4) is 0 Å². The fourth-order valence-corrected chi connectivity index (χ4v) is 2.15. The average Bonchev–Trinajstić information content (AvgIpc) is 1.81. The van der Waals surface area contributed by atoms with Gasteiger partial charge in [0.15, 0.2) is 0 Å². The van der Waals surface area contributed by atoms with Crippen LogP contribution >= 0.6 is 28.3 Å². The molecule has 0 fully saturated rings. The summed E-state index contributed by atoms with van der Waals surface area (Å²) in [7, 11) is 0. The second-order valence-corrected chi connectivity index (χ2v) is 5.00. The van der Waals surface area contributed by atoms with E-state index in [-0.39, 0.29) is 0 Å². The number of halogens is 1. The van der Waals surface area contributed by atoms with Gasteiger partial charge in [-0.05, 0) is 12.6 Å². The van der Waals surface area contributed by atoms with E-state index in [1.807, 2.05) is 0 Å². The van der Waals surface area contributed by atoms with Gasteiger partial charge in [0.2, 0.25) is 0 Å². The molecule has 0 aromatic carbocycles. The van der Waals surface area contributed by atoms with E-state index in [0.29, 0.717) is 0 Å². The molecule has 2 heteroatoms. The van der Waals surface area contributed by atoms with Crippen LogP contribution in [-0.4, -0.2) is 6.16 Å². The van der Waals surface area contributed by atoms with E-state index in [4.69, 9.17) is 0 Å². The van der Waals surface area contributed by atoms with Crippen LogP contribution in [-0.2, 0) is 0 Å². The van der Waals surface area contributed by atoms with Crippen LogP contribution in [0.4, 0.5) is 0 Å². The highest BCUT2D eigenvalue weighted by molar-refractivity contribution is 14.2. The molecule has 50 valence electrons. The minimum atomic E-state index is 1.14. The van der Waals surface area contributed by atoms with Gasteiger partial charge in [0.25, 0.3) is 0 Å². The summed E-state index contributed by atoms with van der Waals surface area (Å²) in [6.45, 7) is 2.26. The molecule has 0 radical (unpaired) electrons. The molecule has 8 heavy (non-hydrogen) atoms. The monoisotopic (exact) mass is 244 g/mol. The van der Waals surface area contributed by atoms with Crippen molar-refractivity contribution >= 4 is 28.3 Å². The summed E-state index contributed by atoms with van der Waals surface area (Å²) in [5.74, 6) is 0. The lowest BCUT2D eigenvalue weighted by atomic mass is 10.2. The zero-order valence-corrected chi connectivity index (χ0v) is 8.57. The van der Waals surface area contributed by atoms with E-state index in [1.54, 1.807) is 0 Å². The Bertz CT molecular complexity index is 33.5. The van der Waals surface area contributed by atoms with Crippen LogP contribution in [0.3, 0.4) is 0 Å². The van der Waals surface area contributed by atoms with Crippen molar-refractivity contribution in [3.05, 3.63) is 0 Å². The number of rotatable bonds is 5. The smallest absolute Gasteiger partial charge is 0.0263 e. The molecule has 0 N–H and O–H groups in total. The Morgan fingerprint density at radius 2 is 2.00 bits per heavy atom. The maximum Gasteiger partial charge on any atom is -0.0263 e. The zero-order valence-electron chi connectivity index (χ0n) is 5.41. The third kappa shape index (κ3) is 7.16. The first-order valence-corrected chi connectivity index (χ1v) is 7.57. The van der Waals surface area contributed by atoms with Crippen molar-refractivity contribution in [1.29, 1.82) is 0 Å². The third-order valence-corrected chi connectivity index (χ3v) is 3.29. The van der Waals surface area contributed by atoms with Crippen LogP contribution < -0.4 is 0 Å². The molecule has 1 atom stereocenters. The molecular formula is C6H14IP. The molecule has 0 amide bonds. The summed E-state index contributed by atoms with van der Waals surface area (Å²) in [6.07, 6.45) is 8.29. The van der Waals surface area contributed by atoms with E-state index >= 15 is 0 Å². The van der Waals surface area contributed by atoms with E-state index in [2.05, 4.69) is 29.0 Å². The molecule has 0 nitrogen and oxygen atoms in total. The van der Waals surface area contributed by atoms with Gasteiger partial charge in [0.05, 0.1) is 0 Å². The number of hydrogen-bond acceptors (Lipinski definition) is 0. The Morgan fingerprint density at radius 3 is 2.50 bits per heavy atom.